The normalized spacial score (nSPS) is 15.4. The largest absolute Gasteiger partial charge is 0.355 e. The number of hydrogen-bond donors (Lipinski definition) is 1. The molecule has 1 unspecified atom stereocenters. The summed E-state index contributed by atoms with van der Waals surface area (Å²) < 4.78 is 3.39. The van der Waals surface area contributed by atoms with E-state index < -0.39 is 0 Å². The molecule has 1 atom stereocenters. The number of pyridine rings is 1. The molecule has 0 bridgehead atoms. The monoisotopic (exact) mass is 545 g/mol. The highest BCUT2D eigenvalue weighted by atomic mass is 35.5. The first-order chi connectivity index (χ1) is 18.0. The van der Waals surface area contributed by atoms with Gasteiger partial charge in [-0.1, -0.05) is 35.9 Å². The topological polar surface area (TPSA) is 106 Å². The second-order valence-corrected chi connectivity index (χ2v) is 9.76. The summed E-state index contributed by atoms with van der Waals surface area (Å²) in [6.45, 7) is 1.58. The maximum atomic E-state index is 14.1. The minimum atomic E-state index is -0.251. The molecule has 192 valence electrons. The second-order valence-electron chi connectivity index (χ2n) is 9.32. The molecule has 0 saturated carbocycles. The number of nitrogens with zero attached hydrogens (tertiary/aromatic N) is 6. The van der Waals surface area contributed by atoms with Crippen molar-refractivity contribution in [3.63, 3.8) is 0 Å². The van der Waals surface area contributed by atoms with Crippen molar-refractivity contribution in [1.82, 2.24) is 19.1 Å². The predicted molar refractivity (Wildman–Crippen MR) is 153 cm³/mol. The lowest BCUT2D eigenvalue weighted by atomic mass is 10.1. The number of anilines is 1. The van der Waals surface area contributed by atoms with Crippen LogP contribution in [0.5, 0.6) is 0 Å². The van der Waals surface area contributed by atoms with Crippen molar-refractivity contribution in [3.05, 3.63) is 93.8 Å². The van der Waals surface area contributed by atoms with Crippen molar-refractivity contribution in [2.75, 3.05) is 18.0 Å². The lowest BCUT2D eigenvalue weighted by Crippen LogP contribution is -2.43. The van der Waals surface area contributed by atoms with E-state index in [4.69, 9.17) is 17.3 Å². The molecule has 1 aliphatic heterocycles. The Kier molecular flexibility index (Phi) is 7.09. The Morgan fingerprint density at radius 2 is 1.89 bits per heavy atom. The van der Waals surface area contributed by atoms with Crippen molar-refractivity contribution in [3.8, 4) is 11.8 Å². The summed E-state index contributed by atoms with van der Waals surface area (Å²) in [7, 11) is 0. The molecule has 3 aromatic heterocycles. The van der Waals surface area contributed by atoms with E-state index in [9.17, 15) is 10.1 Å². The van der Waals surface area contributed by atoms with Crippen molar-refractivity contribution in [2.24, 2.45) is 5.73 Å². The van der Waals surface area contributed by atoms with E-state index in [1.165, 1.54) is 6.33 Å². The zero-order chi connectivity index (χ0) is 25.5. The molecular weight excluding hydrogens is 521 g/mol. The van der Waals surface area contributed by atoms with Gasteiger partial charge in [-0.05, 0) is 48.6 Å². The maximum Gasteiger partial charge on any atom is 0.278 e. The quantitative estimate of drug-likeness (QED) is 0.352. The van der Waals surface area contributed by atoms with Crippen molar-refractivity contribution in [2.45, 2.75) is 25.4 Å². The van der Waals surface area contributed by atoms with Gasteiger partial charge in [0.2, 0.25) is 0 Å². The summed E-state index contributed by atoms with van der Waals surface area (Å²) in [6, 6.07) is 19.4. The van der Waals surface area contributed by atoms with E-state index in [2.05, 4.69) is 20.9 Å². The minimum Gasteiger partial charge on any atom is -0.355 e. The van der Waals surface area contributed by atoms with Gasteiger partial charge in [-0.15, -0.1) is 12.4 Å². The van der Waals surface area contributed by atoms with Crippen molar-refractivity contribution >= 4 is 51.6 Å². The lowest BCUT2D eigenvalue weighted by molar-refractivity contribution is 0.501. The Morgan fingerprint density at radius 3 is 2.66 bits per heavy atom. The van der Waals surface area contributed by atoms with Gasteiger partial charge in [0.05, 0.1) is 18.6 Å². The van der Waals surface area contributed by atoms with Gasteiger partial charge < -0.3 is 10.6 Å². The Balaban J connectivity index is 0.00000294. The van der Waals surface area contributed by atoms with Crippen LogP contribution in [0.3, 0.4) is 0 Å². The van der Waals surface area contributed by atoms with Gasteiger partial charge in [0.1, 0.15) is 28.5 Å². The summed E-state index contributed by atoms with van der Waals surface area (Å²) in [6.07, 6.45) is 5.07. The number of piperidine rings is 1. The molecule has 0 spiro atoms. The fraction of sp³-hybridized carbons (Fsp3) is 0.214. The van der Waals surface area contributed by atoms with Crippen LogP contribution in [0, 0.1) is 11.3 Å². The summed E-state index contributed by atoms with van der Waals surface area (Å²) >= 11 is 6.18. The highest BCUT2D eigenvalue weighted by molar-refractivity contribution is 6.30. The molecule has 10 heteroatoms. The van der Waals surface area contributed by atoms with E-state index in [0.717, 1.165) is 41.5 Å². The first-order valence-electron chi connectivity index (χ1n) is 12.2. The summed E-state index contributed by atoms with van der Waals surface area (Å²) in [4.78, 5) is 25.3. The number of halogens is 2. The van der Waals surface area contributed by atoms with Crippen LogP contribution in [0.2, 0.25) is 5.02 Å². The average Bonchev–Trinajstić information content (AvgIpc) is 3.26. The van der Waals surface area contributed by atoms with Crippen LogP contribution in [0.25, 0.3) is 27.5 Å². The molecular formula is C28H25Cl2N7O. The molecule has 0 amide bonds. The third kappa shape index (κ3) is 4.39. The molecule has 0 radical (unpaired) electrons. The fourth-order valence-corrected chi connectivity index (χ4v) is 5.34. The number of aromatic nitrogens is 4. The molecule has 8 nitrogen and oxygen atoms in total. The smallest absolute Gasteiger partial charge is 0.278 e. The number of rotatable bonds is 4. The summed E-state index contributed by atoms with van der Waals surface area (Å²) in [5, 5.41) is 12.8. The van der Waals surface area contributed by atoms with Gasteiger partial charge in [0.15, 0.2) is 0 Å². The van der Waals surface area contributed by atoms with Crippen LogP contribution in [-0.4, -0.2) is 38.2 Å². The molecule has 1 aliphatic rings. The highest BCUT2D eigenvalue weighted by Gasteiger charge is 2.29. The zero-order valence-electron chi connectivity index (χ0n) is 20.4. The molecule has 6 rings (SSSR count). The first kappa shape index (κ1) is 25.7. The van der Waals surface area contributed by atoms with Gasteiger partial charge in [-0.3, -0.25) is 18.9 Å². The van der Waals surface area contributed by atoms with Crippen LogP contribution in [0.1, 0.15) is 24.1 Å². The SMILES string of the molecule is Cl.N#Cc1c(N2CCCC(N)C2)n(-c2ccc(Cl)cc2)c2c(=O)n(Cc3nccc4ccccc34)cnc12. The fourth-order valence-electron chi connectivity index (χ4n) is 5.22. The molecule has 0 aliphatic carbocycles. The van der Waals surface area contributed by atoms with Gasteiger partial charge in [0.25, 0.3) is 5.56 Å². The van der Waals surface area contributed by atoms with Gasteiger partial charge in [0, 0.05) is 41.4 Å². The van der Waals surface area contributed by atoms with E-state index in [1.54, 1.807) is 22.9 Å². The van der Waals surface area contributed by atoms with Gasteiger partial charge in [-0.25, -0.2) is 4.98 Å². The molecule has 4 heterocycles. The Bertz CT molecular complexity index is 1730. The Labute approximate surface area is 230 Å². The van der Waals surface area contributed by atoms with Crippen LogP contribution < -0.4 is 16.2 Å². The van der Waals surface area contributed by atoms with Crippen molar-refractivity contribution < 1.29 is 0 Å². The van der Waals surface area contributed by atoms with E-state index >= 15 is 0 Å². The van der Waals surface area contributed by atoms with E-state index in [1.807, 2.05) is 47.0 Å². The molecule has 2 aromatic carbocycles. The van der Waals surface area contributed by atoms with Crippen LogP contribution in [0.15, 0.2) is 71.9 Å². The van der Waals surface area contributed by atoms with E-state index in [-0.39, 0.29) is 30.6 Å². The molecule has 5 aromatic rings. The molecule has 1 saturated heterocycles. The van der Waals surface area contributed by atoms with Crippen LogP contribution >= 0.6 is 24.0 Å². The lowest BCUT2D eigenvalue weighted by Gasteiger charge is -2.33. The number of nitrogens with two attached hydrogens (primary N) is 1. The standard InChI is InChI=1S/C28H24ClN7O.ClH/c29-19-7-9-21(10-8-19)36-26-25(23(14-30)27(36)34-13-3-5-20(31)15-34)33-17-35(28(26)37)16-24-22-6-2-1-4-18(22)11-12-32-24;/h1-2,4,6-12,17,20H,3,5,13,15-16,31H2;1H. The third-order valence-corrected chi connectivity index (χ3v) is 7.19. The van der Waals surface area contributed by atoms with E-state index in [0.29, 0.717) is 34.0 Å². The van der Waals surface area contributed by atoms with Gasteiger partial charge in [-0.2, -0.15) is 5.26 Å². The predicted octanol–water partition coefficient (Wildman–Crippen LogP) is 4.66. The number of nitriles is 1. The molecule has 1 fully saturated rings. The Morgan fingerprint density at radius 1 is 1.11 bits per heavy atom. The Hall–Kier alpha value is -3.90. The van der Waals surface area contributed by atoms with Gasteiger partial charge >= 0.3 is 0 Å². The van der Waals surface area contributed by atoms with Crippen LogP contribution in [0.4, 0.5) is 5.82 Å². The highest BCUT2D eigenvalue weighted by Crippen LogP contribution is 2.34. The minimum absolute atomic E-state index is 0. The van der Waals surface area contributed by atoms with Crippen LogP contribution in [-0.2, 0) is 6.54 Å². The molecule has 2 N–H and O–H groups in total. The number of benzene rings is 2. The third-order valence-electron chi connectivity index (χ3n) is 6.94. The average molecular weight is 546 g/mol. The number of hydrogen-bond acceptors (Lipinski definition) is 6. The number of fused-ring (bicyclic) bond motifs is 2. The maximum absolute atomic E-state index is 14.1. The van der Waals surface area contributed by atoms with Crippen molar-refractivity contribution in [1.29, 1.82) is 5.26 Å². The molecule has 38 heavy (non-hydrogen) atoms. The zero-order valence-corrected chi connectivity index (χ0v) is 22.0. The first-order valence-corrected chi connectivity index (χ1v) is 12.6. The second kappa shape index (κ2) is 10.5. The summed E-state index contributed by atoms with van der Waals surface area (Å²) in [5.74, 6) is 0.639. The summed E-state index contributed by atoms with van der Waals surface area (Å²) in [5.41, 5.74) is 8.63.